The third-order valence-electron chi connectivity index (χ3n) is 11.7. The summed E-state index contributed by atoms with van der Waals surface area (Å²) in [4.78, 5) is 57.0. The average molecular weight is 716 g/mol. The first-order valence-electron chi connectivity index (χ1n) is 18.9. The van der Waals surface area contributed by atoms with Gasteiger partial charge in [-0.05, 0) is 89.0 Å². The number of cyclic esters (lactones) is 1. The van der Waals surface area contributed by atoms with Gasteiger partial charge < -0.3 is 34.1 Å². The summed E-state index contributed by atoms with van der Waals surface area (Å²) in [6, 6.07) is -1.08. The molecule has 11 heteroatoms. The summed E-state index contributed by atoms with van der Waals surface area (Å²) in [6.07, 6.45) is 6.54. The van der Waals surface area contributed by atoms with Crippen LogP contribution in [0.25, 0.3) is 0 Å². The fourth-order valence-electron chi connectivity index (χ4n) is 8.04. The lowest BCUT2D eigenvalue weighted by atomic mass is 9.83. The number of amides is 1. The van der Waals surface area contributed by atoms with E-state index in [1.54, 1.807) is 19.9 Å². The molecule has 4 aliphatic rings. The molecule has 1 amide bonds. The maximum absolute atomic E-state index is 14.1. The van der Waals surface area contributed by atoms with E-state index >= 15 is 0 Å². The van der Waals surface area contributed by atoms with Crippen LogP contribution in [-0.4, -0.2) is 102 Å². The second-order valence-electron chi connectivity index (χ2n) is 15.6. The minimum Gasteiger partial charge on any atom is -0.456 e. The number of ether oxygens (including phenoxy) is 4. The number of Topliss-reactive ketones (excluding diaryl/α,β-unsaturated/α-hetero) is 2. The maximum atomic E-state index is 14.1. The van der Waals surface area contributed by atoms with Gasteiger partial charge >= 0.3 is 5.97 Å². The molecular weight excluding hydrogens is 654 g/mol. The number of carbonyl (C=O) groups is 4. The molecule has 1 saturated carbocycles. The molecule has 0 spiro atoms. The van der Waals surface area contributed by atoms with Gasteiger partial charge in [0.2, 0.25) is 5.79 Å². The molecule has 7 unspecified atom stereocenters. The van der Waals surface area contributed by atoms with Crippen molar-refractivity contribution in [3.8, 4) is 0 Å². The largest absolute Gasteiger partial charge is 0.456 e. The van der Waals surface area contributed by atoms with E-state index in [0.717, 1.165) is 17.6 Å². The number of allylic oxidation sites excluding steroid dienone is 4. The lowest BCUT2D eigenvalue weighted by molar-refractivity contribution is -0.302. The molecule has 0 aromatic carbocycles. The number of esters is 1. The van der Waals surface area contributed by atoms with Crippen LogP contribution in [-0.2, 0) is 38.1 Å². The number of carbonyl (C=O) groups excluding carboxylic acids is 4. The van der Waals surface area contributed by atoms with Crippen molar-refractivity contribution in [1.29, 1.82) is 0 Å². The Balaban J connectivity index is 1.74. The second-order valence-corrected chi connectivity index (χ2v) is 15.6. The Labute approximate surface area is 303 Å². The molecule has 4 rings (SSSR count). The summed E-state index contributed by atoms with van der Waals surface area (Å²) < 4.78 is 23.9. The molecule has 51 heavy (non-hydrogen) atoms. The summed E-state index contributed by atoms with van der Waals surface area (Å²) in [7, 11) is 3.06. The molecule has 3 aliphatic heterocycles. The predicted octanol–water partition coefficient (Wildman–Crippen LogP) is 4.87. The fourth-order valence-corrected chi connectivity index (χ4v) is 8.04. The Hall–Kier alpha value is -2.70. The van der Waals surface area contributed by atoms with E-state index in [2.05, 4.69) is 19.6 Å². The molecule has 0 aromatic heterocycles. The fraction of sp³-hybridized carbons (Fsp3) is 0.750. The summed E-state index contributed by atoms with van der Waals surface area (Å²) in [5.41, 5.74) is 1.75. The van der Waals surface area contributed by atoms with Gasteiger partial charge in [0.25, 0.3) is 11.7 Å². The Bertz CT molecular complexity index is 1340. The zero-order valence-corrected chi connectivity index (χ0v) is 31.7. The standard InChI is InChI=1S/C40H61NO10/c1-9-13-28-18-23(2)14-12-16-33(48-7)36-34(49-8)21-26(5)40(47,51-36)37(44)38(45)41-17-11-10-15-30(41)39(46)50-35(25(4)20-29-19-24(29)3)27(6)31(42)22-32(28)43/h9,18,20,24,26-31,33-36,42,47H,1,10-17,19,21-22H2,2-8H3/b23-18+,25-20+/t24?,26?,27-,28?,29?,30+,31+,33+,34?,35-,36?,40?/m1/s1. The number of hydrogen-bond donors (Lipinski definition) is 2. The Kier molecular flexibility index (Phi) is 14.4. The smallest absolute Gasteiger partial charge is 0.329 e. The minimum atomic E-state index is -2.46. The van der Waals surface area contributed by atoms with E-state index in [1.165, 1.54) is 19.1 Å². The van der Waals surface area contributed by atoms with Crippen molar-refractivity contribution in [3.63, 3.8) is 0 Å². The van der Waals surface area contributed by atoms with E-state index < -0.39 is 77.8 Å². The minimum absolute atomic E-state index is 0.127. The van der Waals surface area contributed by atoms with E-state index in [-0.39, 0.29) is 31.6 Å². The van der Waals surface area contributed by atoms with Crippen molar-refractivity contribution in [1.82, 2.24) is 4.90 Å². The van der Waals surface area contributed by atoms with Crippen LogP contribution in [0.15, 0.2) is 36.0 Å². The zero-order chi connectivity index (χ0) is 37.6. The second kappa shape index (κ2) is 17.9. The van der Waals surface area contributed by atoms with Crippen molar-refractivity contribution in [3.05, 3.63) is 36.0 Å². The number of aliphatic hydroxyl groups is 2. The molecule has 2 N–H and O–H groups in total. The number of methoxy groups -OCH3 is 2. The lowest BCUT2D eigenvalue weighted by Crippen LogP contribution is -2.64. The summed E-state index contributed by atoms with van der Waals surface area (Å²) >= 11 is 0. The molecule has 286 valence electrons. The molecule has 1 aliphatic carbocycles. The third-order valence-corrected chi connectivity index (χ3v) is 11.7. The number of hydrogen-bond acceptors (Lipinski definition) is 10. The average Bonchev–Trinajstić information content (AvgIpc) is 3.81. The molecule has 3 fully saturated rings. The monoisotopic (exact) mass is 715 g/mol. The predicted molar refractivity (Wildman–Crippen MR) is 191 cm³/mol. The van der Waals surface area contributed by atoms with Crippen molar-refractivity contribution in [2.45, 2.75) is 141 Å². The molecule has 0 aromatic rings. The van der Waals surface area contributed by atoms with Crippen LogP contribution in [0, 0.1) is 29.6 Å². The first-order chi connectivity index (χ1) is 24.2. The zero-order valence-electron chi connectivity index (χ0n) is 31.7. The molecule has 0 radical (unpaired) electrons. The van der Waals surface area contributed by atoms with Crippen molar-refractivity contribution in [2.75, 3.05) is 20.8 Å². The van der Waals surface area contributed by atoms with Gasteiger partial charge in [0.05, 0.1) is 18.3 Å². The SMILES string of the molecule is C=CCC1/C=C(\C)CCC[C@H](OC)C2OC(O)(C(=O)C(=O)N3CCCC[C@H]3C(=O)O[C@H](/C(C)=C/C3CC3C)[C@H](C)[C@@H](O)CC1=O)C(C)CC2OC. The Morgan fingerprint density at radius 2 is 1.75 bits per heavy atom. The lowest BCUT2D eigenvalue weighted by Gasteiger charge is -2.46. The maximum Gasteiger partial charge on any atom is 0.329 e. The quantitative estimate of drug-likeness (QED) is 0.222. The van der Waals surface area contributed by atoms with Crippen LogP contribution in [0.5, 0.6) is 0 Å². The first-order valence-corrected chi connectivity index (χ1v) is 18.9. The number of nitrogens with zero attached hydrogens (tertiary/aromatic N) is 1. The van der Waals surface area contributed by atoms with Crippen LogP contribution < -0.4 is 0 Å². The van der Waals surface area contributed by atoms with Gasteiger partial charge in [-0.3, -0.25) is 14.4 Å². The molecule has 3 heterocycles. The van der Waals surface area contributed by atoms with Gasteiger partial charge in [-0.25, -0.2) is 4.79 Å². The van der Waals surface area contributed by atoms with Crippen LogP contribution in [0.4, 0.5) is 0 Å². The normalized spacial score (nSPS) is 40.7. The van der Waals surface area contributed by atoms with E-state index in [4.69, 9.17) is 18.9 Å². The molecule has 2 saturated heterocycles. The highest BCUT2D eigenvalue weighted by Crippen LogP contribution is 2.41. The highest BCUT2D eigenvalue weighted by molar-refractivity contribution is 6.39. The van der Waals surface area contributed by atoms with Gasteiger partial charge in [-0.15, -0.1) is 6.58 Å². The van der Waals surface area contributed by atoms with Gasteiger partial charge in [0, 0.05) is 44.9 Å². The van der Waals surface area contributed by atoms with Crippen molar-refractivity contribution >= 4 is 23.4 Å². The number of rotatable bonds is 6. The molecule has 2 bridgehead atoms. The third kappa shape index (κ3) is 9.65. The van der Waals surface area contributed by atoms with Gasteiger partial charge in [-0.2, -0.15) is 0 Å². The number of aliphatic hydroxyl groups excluding tert-OH is 1. The molecule has 12 atom stereocenters. The number of fused-ring (bicyclic) bond motifs is 3. The summed E-state index contributed by atoms with van der Waals surface area (Å²) in [5, 5.41) is 23.4. The van der Waals surface area contributed by atoms with Gasteiger partial charge in [0.1, 0.15) is 24.0 Å². The highest BCUT2D eigenvalue weighted by atomic mass is 16.7. The van der Waals surface area contributed by atoms with Gasteiger partial charge in [0.15, 0.2) is 0 Å². The van der Waals surface area contributed by atoms with Crippen molar-refractivity contribution in [2.24, 2.45) is 29.6 Å². The number of piperidine rings is 1. The van der Waals surface area contributed by atoms with Crippen molar-refractivity contribution < 1.29 is 48.3 Å². The van der Waals surface area contributed by atoms with E-state index in [9.17, 15) is 29.4 Å². The molecule has 11 nitrogen and oxygen atoms in total. The van der Waals surface area contributed by atoms with Gasteiger partial charge in [-0.1, -0.05) is 44.6 Å². The Morgan fingerprint density at radius 1 is 1.06 bits per heavy atom. The topological polar surface area (TPSA) is 149 Å². The van der Waals surface area contributed by atoms with Crippen LogP contribution in [0.3, 0.4) is 0 Å². The van der Waals surface area contributed by atoms with E-state index in [0.29, 0.717) is 50.4 Å². The molecular formula is C40H61NO10. The number of ketones is 2. The van der Waals surface area contributed by atoms with Crippen LogP contribution in [0.1, 0.15) is 98.8 Å². The highest BCUT2D eigenvalue weighted by Gasteiger charge is 2.56. The first kappa shape index (κ1) is 41.1. The van der Waals surface area contributed by atoms with E-state index in [1.807, 2.05) is 19.9 Å². The summed E-state index contributed by atoms with van der Waals surface area (Å²) in [6.45, 7) is 13.3. The van der Waals surface area contributed by atoms with Crippen LogP contribution in [0.2, 0.25) is 0 Å². The van der Waals surface area contributed by atoms with Crippen LogP contribution >= 0.6 is 0 Å². The Morgan fingerprint density at radius 3 is 2.37 bits per heavy atom. The summed E-state index contributed by atoms with van der Waals surface area (Å²) in [5.74, 6) is -6.54.